The number of carbonyl (C=O) groups excluding carboxylic acids is 1. The smallest absolute Gasteiger partial charge is 0.222 e. The maximum absolute atomic E-state index is 12.5. The summed E-state index contributed by atoms with van der Waals surface area (Å²) in [4.78, 5) is 13.3. The number of hydrogen-bond donors (Lipinski definition) is 0. The van der Waals surface area contributed by atoms with E-state index in [9.17, 15) is 4.79 Å². The average Bonchev–Trinajstić information content (AvgIpc) is 2.93. The van der Waals surface area contributed by atoms with Gasteiger partial charge < -0.3 is 0 Å². The molecule has 0 unspecified atom stereocenters. The molecule has 3 nitrogen and oxygen atoms in total. The lowest BCUT2D eigenvalue weighted by atomic mass is 10.1. The maximum atomic E-state index is 12.5. The van der Waals surface area contributed by atoms with Gasteiger partial charge in [-0.1, -0.05) is 6.92 Å². The van der Waals surface area contributed by atoms with Crippen LogP contribution in [0.4, 0.5) is 0 Å². The molecule has 0 aliphatic heterocycles. The summed E-state index contributed by atoms with van der Waals surface area (Å²) in [6.07, 6.45) is 2.55. The second-order valence-corrected chi connectivity index (χ2v) is 5.38. The molecule has 0 atom stereocenters. The van der Waals surface area contributed by atoms with Crippen LogP contribution >= 0.6 is 27.3 Å². The molecule has 0 fully saturated rings. The number of aromatic nitrogens is 2. The Bertz CT molecular complexity index is 544. The third-order valence-corrected chi connectivity index (χ3v) is 4.18. The van der Waals surface area contributed by atoms with Crippen LogP contribution in [0.1, 0.15) is 34.8 Å². The zero-order valence-electron chi connectivity index (χ0n) is 9.74. The van der Waals surface area contributed by atoms with Gasteiger partial charge in [-0.05, 0) is 46.3 Å². The van der Waals surface area contributed by atoms with Crippen molar-refractivity contribution >= 4 is 33.0 Å². The zero-order chi connectivity index (χ0) is 12.4. The Morgan fingerprint density at radius 2 is 2.29 bits per heavy atom. The first kappa shape index (κ1) is 12.5. The molecular formula is C12H13BrN2OS. The Morgan fingerprint density at radius 1 is 1.53 bits per heavy atom. The molecule has 2 heterocycles. The minimum absolute atomic E-state index is 0.0584. The molecule has 5 heteroatoms. The van der Waals surface area contributed by atoms with Gasteiger partial charge in [-0.2, -0.15) is 5.10 Å². The fraction of sp³-hybridized carbons (Fsp3) is 0.333. The quantitative estimate of drug-likeness (QED) is 0.810. The van der Waals surface area contributed by atoms with E-state index in [0.717, 1.165) is 21.3 Å². The first-order chi connectivity index (χ1) is 8.19. The fourth-order valence-electron chi connectivity index (χ4n) is 1.75. The van der Waals surface area contributed by atoms with E-state index in [1.807, 2.05) is 18.4 Å². The van der Waals surface area contributed by atoms with Crippen molar-refractivity contribution in [3.8, 4) is 0 Å². The Balaban J connectivity index is 2.47. The summed E-state index contributed by atoms with van der Waals surface area (Å²) in [7, 11) is 0. The van der Waals surface area contributed by atoms with Crippen LogP contribution in [-0.2, 0) is 13.0 Å². The van der Waals surface area contributed by atoms with E-state index in [1.54, 1.807) is 10.9 Å². The van der Waals surface area contributed by atoms with E-state index in [1.165, 1.54) is 11.3 Å². The van der Waals surface area contributed by atoms with E-state index in [0.29, 0.717) is 12.2 Å². The number of carbonyl (C=O) groups is 1. The van der Waals surface area contributed by atoms with Gasteiger partial charge in [-0.25, -0.2) is 0 Å². The molecule has 17 heavy (non-hydrogen) atoms. The lowest BCUT2D eigenvalue weighted by molar-refractivity contribution is 0.103. The molecule has 0 aromatic carbocycles. The monoisotopic (exact) mass is 312 g/mol. The summed E-state index contributed by atoms with van der Waals surface area (Å²) in [6, 6.07) is 2.01. The van der Waals surface area contributed by atoms with Crippen LogP contribution in [0.2, 0.25) is 0 Å². The van der Waals surface area contributed by atoms with Crippen molar-refractivity contribution in [1.29, 1.82) is 0 Å². The third-order valence-electron chi connectivity index (χ3n) is 2.64. The fourth-order valence-corrected chi connectivity index (χ4v) is 3.16. The molecule has 0 aliphatic rings. The first-order valence-corrected chi connectivity index (χ1v) is 7.18. The minimum atomic E-state index is 0.0584. The van der Waals surface area contributed by atoms with Crippen molar-refractivity contribution in [3.63, 3.8) is 0 Å². The highest BCUT2D eigenvalue weighted by molar-refractivity contribution is 9.10. The second-order valence-electron chi connectivity index (χ2n) is 3.61. The van der Waals surface area contributed by atoms with E-state index < -0.39 is 0 Å². The predicted octanol–water partition coefficient (Wildman–Crippen LogP) is 3.52. The van der Waals surface area contributed by atoms with Crippen molar-refractivity contribution in [1.82, 2.24) is 9.78 Å². The highest BCUT2D eigenvalue weighted by Gasteiger charge is 2.21. The molecule has 2 aromatic rings. The van der Waals surface area contributed by atoms with Gasteiger partial charge in [0.25, 0.3) is 0 Å². The van der Waals surface area contributed by atoms with Crippen LogP contribution in [-0.4, -0.2) is 15.6 Å². The molecule has 0 saturated carbocycles. The number of ketones is 1. The van der Waals surface area contributed by atoms with Gasteiger partial charge in [0.1, 0.15) is 5.69 Å². The van der Waals surface area contributed by atoms with Crippen LogP contribution in [0.3, 0.4) is 0 Å². The van der Waals surface area contributed by atoms with Gasteiger partial charge in [0.2, 0.25) is 5.78 Å². The molecule has 0 aliphatic carbocycles. The Morgan fingerprint density at radius 3 is 2.94 bits per heavy atom. The lowest BCUT2D eigenvalue weighted by Gasteiger charge is -2.04. The number of thiophene rings is 1. The summed E-state index contributed by atoms with van der Waals surface area (Å²) in [6.45, 7) is 4.73. The van der Waals surface area contributed by atoms with Gasteiger partial charge in [0, 0.05) is 6.54 Å². The summed E-state index contributed by atoms with van der Waals surface area (Å²) < 4.78 is 2.49. The number of hydrogen-bond acceptors (Lipinski definition) is 3. The minimum Gasteiger partial charge on any atom is -0.286 e. The normalized spacial score (nSPS) is 10.8. The van der Waals surface area contributed by atoms with Crippen molar-refractivity contribution in [2.75, 3.05) is 0 Å². The zero-order valence-corrected chi connectivity index (χ0v) is 12.1. The van der Waals surface area contributed by atoms with E-state index in [2.05, 4.69) is 28.0 Å². The van der Waals surface area contributed by atoms with E-state index in [4.69, 9.17) is 0 Å². The number of nitrogens with zero attached hydrogens (tertiary/aromatic N) is 2. The van der Waals surface area contributed by atoms with E-state index in [-0.39, 0.29) is 5.78 Å². The van der Waals surface area contributed by atoms with Crippen LogP contribution in [0.15, 0.2) is 22.1 Å². The SMILES string of the molecule is CCc1ccsc1C(=O)c1c(Br)cnn1CC. The summed E-state index contributed by atoms with van der Waals surface area (Å²) >= 11 is 4.89. The standard InChI is InChI=1S/C12H13BrN2OS/c1-3-8-5-6-17-12(8)11(16)10-9(13)7-14-15(10)4-2/h5-7H,3-4H2,1-2H3. The van der Waals surface area contributed by atoms with Gasteiger partial charge >= 0.3 is 0 Å². The molecular weight excluding hydrogens is 300 g/mol. The molecule has 90 valence electrons. The summed E-state index contributed by atoms with van der Waals surface area (Å²) in [5.74, 6) is 0.0584. The van der Waals surface area contributed by atoms with E-state index >= 15 is 0 Å². The highest BCUT2D eigenvalue weighted by atomic mass is 79.9. The van der Waals surface area contributed by atoms with Crippen LogP contribution in [0.25, 0.3) is 0 Å². The number of halogens is 1. The lowest BCUT2D eigenvalue weighted by Crippen LogP contribution is -2.11. The molecule has 0 spiro atoms. The third kappa shape index (κ3) is 2.21. The number of rotatable bonds is 4. The Labute approximate surface area is 113 Å². The summed E-state index contributed by atoms with van der Waals surface area (Å²) in [5.41, 5.74) is 1.75. The van der Waals surface area contributed by atoms with Crippen molar-refractivity contribution in [2.45, 2.75) is 26.8 Å². The topological polar surface area (TPSA) is 34.9 Å². The second kappa shape index (κ2) is 5.14. The van der Waals surface area contributed by atoms with Crippen molar-refractivity contribution in [3.05, 3.63) is 38.3 Å². The molecule has 0 saturated heterocycles. The Hall–Kier alpha value is -0.940. The van der Waals surface area contributed by atoms with Crippen molar-refractivity contribution < 1.29 is 4.79 Å². The van der Waals surface area contributed by atoms with Gasteiger partial charge in [0.05, 0.1) is 15.5 Å². The molecule has 0 bridgehead atoms. The first-order valence-electron chi connectivity index (χ1n) is 5.51. The van der Waals surface area contributed by atoms with Gasteiger partial charge in [-0.3, -0.25) is 9.48 Å². The molecule has 0 amide bonds. The van der Waals surface area contributed by atoms with Gasteiger partial charge in [-0.15, -0.1) is 11.3 Å². The highest BCUT2D eigenvalue weighted by Crippen LogP contribution is 2.25. The van der Waals surface area contributed by atoms with Crippen LogP contribution in [0, 0.1) is 0 Å². The average molecular weight is 313 g/mol. The molecule has 2 rings (SSSR count). The van der Waals surface area contributed by atoms with Crippen LogP contribution in [0.5, 0.6) is 0 Å². The number of aryl methyl sites for hydroxylation is 2. The summed E-state index contributed by atoms with van der Waals surface area (Å²) in [5, 5.41) is 6.14. The molecule has 0 N–H and O–H groups in total. The maximum Gasteiger partial charge on any atom is 0.222 e. The predicted molar refractivity (Wildman–Crippen MR) is 72.7 cm³/mol. The molecule has 2 aromatic heterocycles. The largest absolute Gasteiger partial charge is 0.286 e. The Kier molecular flexibility index (Phi) is 3.79. The van der Waals surface area contributed by atoms with Crippen molar-refractivity contribution in [2.24, 2.45) is 0 Å². The van der Waals surface area contributed by atoms with Gasteiger partial charge in [0.15, 0.2) is 0 Å². The van der Waals surface area contributed by atoms with Crippen LogP contribution < -0.4 is 0 Å². The molecule has 0 radical (unpaired) electrons.